The van der Waals surface area contributed by atoms with Gasteiger partial charge in [0, 0.05) is 36.8 Å². The fraction of sp³-hybridized carbons (Fsp3) is 0.269. The number of amides is 1. The first kappa shape index (κ1) is 24.6. The molecule has 8 nitrogen and oxygen atoms in total. The van der Waals surface area contributed by atoms with Crippen LogP contribution >= 0.6 is 0 Å². The van der Waals surface area contributed by atoms with Gasteiger partial charge in [-0.1, -0.05) is 24.3 Å². The second kappa shape index (κ2) is 10.8. The van der Waals surface area contributed by atoms with Crippen LogP contribution < -0.4 is 19.5 Å². The lowest BCUT2D eigenvalue weighted by Gasteiger charge is -2.12. The summed E-state index contributed by atoms with van der Waals surface area (Å²) in [6, 6.07) is 18.9. The lowest BCUT2D eigenvalue weighted by atomic mass is 10.1. The van der Waals surface area contributed by atoms with Crippen LogP contribution in [0.1, 0.15) is 27.9 Å². The summed E-state index contributed by atoms with van der Waals surface area (Å²) in [6.45, 7) is 2.26. The largest absolute Gasteiger partial charge is 0.490 e. The van der Waals surface area contributed by atoms with Gasteiger partial charge in [-0.3, -0.25) is 9.52 Å². The maximum atomic E-state index is 12.8. The molecule has 3 aromatic carbocycles. The fourth-order valence-electron chi connectivity index (χ4n) is 3.63. The normalized spacial score (nSPS) is 13.2. The number of hydrogen-bond donors (Lipinski definition) is 2. The van der Waals surface area contributed by atoms with Crippen LogP contribution in [-0.2, 0) is 23.1 Å². The maximum absolute atomic E-state index is 12.8. The fourth-order valence-corrected chi connectivity index (χ4v) is 4.70. The van der Waals surface area contributed by atoms with E-state index in [-0.39, 0.29) is 10.8 Å². The first-order valence-corrected chi connectivity index (χ1v) is 12.8. The van der Waals surface area contributed by atoms with Crippen molar-refractivity contribution in [1.82, 2.24) is 10.2 Å². The van der Waals surface area contributed by atoms with Gasteiger partial charge in [0.15, 0.2) is 11.5 Å². The third-order valence-electron chi connectivity index (χ3n) is 5.40. The van der Waals surface area contributed by atoms with Crippen molar-refractivity contribution in [2.24, 2.45) is 0 Å². The Bertz CT molecular complexity index is 1270. The number of carbonyl (C=O) groups is 1. The molecule has 35 heavy (non-hydrogen) atoms. The molecule has 0 radical (unpaired) electrons. The Balaban J connectivity index is 1.36. The van der Waals surface area contributed by atoms with E-state index >= 15 is 0 Å². The Morgan fingerprint density at radius 1 is 0.886 bits per heavy atom. The molecule has 0 atom stereocenters. The van der Waals surface area contributed by atoms with Gasteiger partial charge in [0.05, 0.1) is 18.1 Å². The minimum atomic E-state index is -3.84. The Hall–Kier alpha value is -3.56. The number of hydrogen-bond acceptors (Lipinski definition) is 6. The number of carbonyl (C=O) groups excluding carboxylic acids is 1. The van der Waals surface area contributed by atoms with Gasteiger partial charge in [-0.25, -0.2) is 8.42 Å². The third-order valence-corrected chi connectivity index (χ3v) is 6.78. The van der Waals surface area contributed by atoms with E-state index < -0.39 is 10.0 Å². The molecule has 0 aliphatic carbocycles. The molecule has 1 amide bonds. The van der Waals surface area contributed by atoms with Gasteiger partial charge >= 0.3 is 0 Å². The van der Waals surface area contributed by atoms with Crippen molar-refractivity contribution in [2.45, 2.75) is 24.4 Å². The van der Waals surface area contributed by atoms with Gasteiger partial charge in [0.2, 0.25) is 0 Å². The van der Waals surface area contributed by atoms with Gasteiger partial charge in [-0.05, 0) is 61.6 Å². The molecular weight excluding hydrogens is 466 g/mol. The Labute approximate surface area is 205 Å². The summed E-state index contributed by atoms with van der Waals surface area (Å²) in [4.78, 5) is 14.7. The molecule has 3 aromatic rings. The van der Waals surface area contributed by atoms with Gasteiger partial charge in [0.1, 0.15) is 0 Å². The molecular formula is C26H29N3O5S. The molecule has 0 aromatic heterocycles. The van der Waals surface area contributed by atoms with Crippen molar-refractivity contribution in [3.05, 3.63) is 83.4 Å². The Kier molecular flexibility index (Phi) is 7.57. The zero-order chi connectivity index (χ0) is 24.8. The molecule has 0 saturated heterocycles. The predicted octanol–water partition coefficient (Wildman–Crippen LogP) is 3.64. The first-order valence-electron chi connectivity index (χ1n) is 11.3. The summed E-state index contributed by atoms with van der Waals surface area (Å²) >= 11 is 0. The number of ether oxygens (including phenoxy) is 2. The molecule has 0 fully saturated rings. The second-order valence-electron chi connectivity index (χ2n) is 8.58. The van der Waals surface area contributed by atoms with E-state index in [4.69, 9.17) is 9.47 Å². The van der Waals surface area contributed by atoms with Crippen LogP contribution in [0.3, 0.4) is 0 Å². The van der Waals surface area contributed by atoms with Gasteiger partial charge < -0.3 is 19.7 Å². The summed E-state index contributed by atoms with van der Waals surface area (Å²) in [5.41, 5.74) is 2.99. The Morgan fingerprint density at radius 3 is 2.23 bits per heavy atom. The summed E-state index contributed by atoms with van der Waals surface area (Å²) in [5, 5.41) is 2.89. The van der Waals surface area contributed by atoms with Crippen LogP contribution in [0.15, 0.2) is 71.6 Å². The number of anilines is 1. The van der Waals surface area contributed by atoms with Gasteiger partial charge in [-0.15, -0.1) is 0 Å². The molecule has 0 spiro atoms. The summed E-state index contributed by atoms with van der Waals surface area (Å²) in [6.07, 6.45) is 0.734. The van der Waals surface area contributed by atoms with Crippen LogP contribution in [0.5, 0.6) is 11.5 Å². The van der Waals surface area contributed by atoms with Crippen molar-refractivity contribution >= 4 is 21.6 Å². The highest BCUT2D eigenvalue weighted by Crippen LogP contribution is 2.32. The number of nitrogens with zero attached hydrogens (tertiary/aromatic N) is 1. The molecule has 0 saturated carbocycles. The van der Waals surface area contributed by atoms with Crippen LogP contribution in [0.25, 0.3) is 0 Å². The molecule has 1 heterocycles. The molecule has 0 bridgehead atoms. The molecule has 1 aliphatic heterocycles. The van der Waals surface area contributed by atoms with E-state index in [1.54, 1.807) is 30.3 Å². The summed E-state index contributed by atoms with van der Waals surface area (Å²) in [5.74, 6) is 0.700. The molecule has 1 aliphatic rings. The van der Waals surface area contributed by atoms with Gasteiger partial charge in [0.25, 0.3) is 15.9 Å². The van der Waals surface area contributed by atoms with Gasteiger partial charge in [-0.2, -0.15) is 0 Å². The highest BCUT2D eigenvalue weighted by Gasteiger charge is 2.19. The summed E-state index contributed by atoms with van der Waals surface area (Å²) < 4.78 is 39.4. The number of sulfonamides is 1. The minimum Gasteiger partial charge on any atom is -0.490 e. The zero-order valence-corrected chi connectivity index (χ0v) is 20.6. The number of benzene rings is 3. The SMILES string of the molecule is CN(C)Cc1ccc(CNC(=O)c2ccc(NS(=O)(=O)c3ccc4c(c3)OCCCO4)cc2)cc1. The summed E-state index contributed by atoms with van der Waals surface area (Å²) in [7, 11) is 0.197. The van der Waals surface area contributed by atoms with Crippen molar-refractivity contribution in [2.75, 3.05) is 32.0 Å². The minimum absolute atomic E-state index is 0.0696. The molecule has 2 N–H and O–H groups in total. The van der Waals surface area contributed by atoms with Crippen molar-refractivity contribution < 1.29 is 22.7 Å². The average molecular weight is 496 g/mol. The van der Waals surface area contributed by atoms with E-state index in [0.717, 1.165) is 18.5 Å². The number of rotatable bonds is 8. The van der Waals surface area contributed by atoms with Crippen molar-refractivity contribution in [3.8, 4) is 11.5 Å². The van der Waals surface area contributed by atoms with Crippen molar-refractivity contribution in [3.63, 3.8) is 0 Å². The predicted molar refractivity (Wildman–Crippen MR) is 134 cm³/mol. The van der Waals surface area contributed by atoms with E-state index in [9.17, 15) is 13.2 Å². The standard InChI is InChI=1S/C26H29N3O5S/c1-29(2)18-20-6-4-19(5-7-20)17-27-26(30)21-8-10-22(11-9-21)28-35(31,32)23-12-13-24-25(16-23)34-15-3-14-33-24/h4-13,16,28H,3,14-15,17-18H2,1-2H3,(H,27,30). The average Bonchev–Trinajstić information content (AvgIpc) is 3.08. The third kappa shape index (κ3) is 6.52. The lowest BCUT2D eigenvalue weighted by molar-refractivity contribution is 0.0951. The van der Waals surface area contributed by atoms with E-state index in [0.29, 0.717) is 42.5 Å². The highest BCUT2D eigenvalue weighted by atomic mass is 32.2. The molecule has 9 heteroatoms. The molecule has 184 valence electrons. The van der Waals surface area contributed by atoms with Crippen LogP contribution in [-0.4, -0.2) is 46.5 Å². The maximum Gasteiger partial charge on any atom is 0.262 e. The van der Waals surface area contributed by atoms with E-state index in [1.165, 1.54) is 17.7 Å². The highest BCUT2D eigenvalue weighted by molar-refractivity contribution is 7.92. The number of fused-ring (bicyclic) bond motifs is 1. The molecule has 4 rings (SSSR count). The van der Waals surface area contributed by atoms with Crippen LogP contribution in [0.4, 0.5) is 5.69 Å². The van der Waals surface area contributed by atoms with Crippen LogP contribution in [0.2, 0.25) is 0 Å². The van der Waals surface area contributed by atoms with E-state index in [2.05, 4.69) is 14.9 Å². The van der Waals surface area contributed by atoms with E-state index in [1.807, 2.05) is 38.4 Å². The second-order valence-corrected chi connectivity index (χ2v) is 10.3. The smallest absolute Gasteiger partial charge is 0.262 e. The molecule has 0 unspecified atom stereocenters. The number of nitrogens with one attached hydrogen (secondary N) is 2. The Morgan fingerprint density at radius 2 is 1.54 bits per heavy atom. The first-order chi connectivity index (χ1) is 16.8. The lowest BCUT2D eigenvalue weighted by Crippen LogP contribution is -2.22. The monoisotopic (exact) mass is 495 g/mol. The zero-order valence-electron chi connectivity index (χ0n) is 19.8. The quantitative estimate of drug-likeness (QED) is 0.495. The van der Waals surface area contributed by atoms with Crippen LogP contribution in [0, 0.1) is 0 Å². The topological polar surface area (TPSA) is 97.0 Å². The van der Waals surface area contributed by atoms with Crippen molar-refractivity contribution in [1.29, 1.82) is 0 Å².